The molecule has 0 saturated carbocycles. The molecule has 3 rings (SSSR count). The summed E-state index contributed by atoms with van der Waals surface area (Å²) in [6.07, 6.45) is 3.94. The van der Waals surface area contributed by atoms with Crippen LogP contribution in [0.2, 0.25) is 0 Å². The summed E-state index contributed by atoms with van der Waals surface area (Å²) in [6, 6.07) is 16.2. The lowest BCUT2D eigenvalue weighted by Crippen LogP contribution is -2.32. The predicted octanol–water partition coefficient (Wildman–Crippen LogP) is 4.63. The summed E-state index contributed by atoms with van der Waals surface area (Å²) in [5.41, 5.74) is 5.05. The SMILES string of the molecule is COc1ccc(C=C2CNCC(=Cc3ccc(C(C)(C)C)cc3)C2=O)cc1. The molecule has 1 heterocycles. The first-order valence-electron chi connectivity index (χ1n) is 9.28. The Morgan fingerprint density at radius 2 is 1.33 bits per heavy atom. The van der Waals surface area contributed by atoms with Crippen LogP contribution in [0.15, 0.2) is 59.7 Å². The normalized spacial score (nSPS) is 18.1. The number of Topliss-reactive ketones (excluding diaryl/α,β-unsaturated/α-hetero) is 1. The molecule has 0 radical (unpaired) electrons. The van der Waals surface area contributed by atoms with Crippen molar-refractivity contribution >= 4 is 17.9 Å². The summed E-state index contributed by atoms with van der Waals surface area (Å²) in [7, 11) is 1.65. The highest BCUT2D eigenvalue weighted by molar-refractivity contribution is 6.14. The summed E-state index contributed by atoms with van der Waals surface area (Å²) in [4.78, 5) is 12.9. The molecule has 3 nitrogen and oxygen atoms in total. The maximum atomic E-state index is 12.9. The average molecular weight is 361 g/mol. The highest BCUT2D eigenvalue weighted by Gasteiger charge is 2.20. The molecule has 0 unspecified atom stereocenters. The van der Waals surface area contributed by atoms with Crippen molar-refractivity contribution in [2.45, 2.75) is 26.2 Å². The number of carbonyl (C=O) groups is 1. The van der Waals surface area contributed by atoms with Crippen molar-refractivity contribution in [1.82, 2.24) is 5.32 Å². The van der Waals surface area contributed by atoms with Crippen LogP contribution in [0.3, 0.4) is 0 Å². The Morgan fingerprint density at radius 1 is 0.852 bits per heavy atom. The molecule has 27 heavy (non-hydrogen) atoms. The second-order valence-electron chi connectivity index (χ2n) is 7.92. The molecule has 2 aromatic carbocycles. The van der Waals surface area contributed by atoms with E-state index < -0.39 is 0 Å². The number of benzene rings is 2. The van der Waals surface area contributed by atoms with Gasteiger partial charge < -0.3 is 10.1 Å². The largest absolute Gasteiger partial charge is 0.497 e. The molecule has 1 N–H and O–H groups in total. The summed E-state index contributed by atoms with van der Waals surface area (Å²) in [5.74, 6) is 0.925. The van der Waals surface area contributed by atoms with Crippen LogP contribution in [-0.4, -0.2) is 26.0 Å². The molecule has 0 spiro atoms. The first kappa shape index (κ1) is 19.1. The van der Waals surface area contributed by atoms with E-state index in [2.05, 4.69) is 50.4 Å². The van der Waals surface area contributed by atoms with Gasteiger partial charge in [0, 0.05) is 24.2 Å². The number of ketones is 1. The summed E-state index contributed by atoms with van der Waals surface area (Å²) >= 11 is 0. The number of piperidine rings is 1. The molecule has 0 amide bonds. The van der Waals surface area contributed by atoms with Crippen LogP contribution in [0.25, 0.3) is 12.2 Å². The van der Waals surface area contributed by atoms with Gasteiger partial charge in [0.15, 0.2) is 5.78 Å². The summed E-state index contributed by atoms with van der Waals surface area (Å²) in [6.45, 7) is 7.78. The molecular formula is C24H27NO2. The second kappa shape index (κ2) is 7.93. The Bertz CT molecular complexity index is 866. The van der Waals surface area contributed by atoms with Crippen LogP contribution in [0.5, 0.6) is 5.75 Å². The molecule has 1 fully saturated rings. The van der Waals surface area contributed by atoms with E-state index in [0.29, 0.717) is 13.1 Å². The Balaban J connectivity index is 1.81. The van der Waals surface area contributed by atoms with Crippen molar-refractivity contribution in [3.05, 3.63) is 76.4 Å². The fraction of sp³-hybridized carbons (Fsp3) is 0.292. The predicted molar refractivity (Wildman–Crippen MR) is 112 cm³/mol. The molecule has 1 saturated heterocycles. The monoisotopic (exact) mass is 361 g/mol. The van der Waals surface area contributed by atoms with E-state index >= 15 is 0 Å². The third-order valence-corrected chi connectivity index (χ3v) is 4.79. The molecule has 0 bridgehead atoms. The van der Waals surface area contributed by atoms with Gasteiger partial charge >= 0.3 is 0 Å². The van der Waals surface area contributed by atoms with E-state index in [0.717, 1.165) is 28.0 Å². The van der Waals surface area contributed by atoms with Crippen LogP contribution >= 0.6 is 0 Å². The van der Waals surface area contributed by atoms with Gasteiger partial charge in [-0.15, -0.1) is 0 Å². The zero-order valence-corrected chi connectivity index (χ0v) is 16.5. The smallest absolute Gasteiger partial charge is 0.187 e. The van der Waals surface area contributed by atoms with E-state index in [-0.39, 0.29) is 11.2 Å². The minimum absolute atomic E-state index is 0.115. The lowest BCUT2D eigenvalue weighted by atomic mass is 9.86. The Morgan fingerprint density at radius 3 is 1.78 bits per heavy atom. The quantitative estimate of drug-likeness (QED) is 0.810. The average Bonchev–Trinajstić information content (AvgIpc) is 2.65. The van der Waals surface area contributed by atoms with E-state index in [1.807, 2.05) is 36.4 Å². The Labute approximate surface area is 161 Å². The van der Waals surface area contributed by atoms with E-state index in [1.165, 1.54) is 5.56 Å². The molecule has 2 aromatic rings. The third kappa shape index (κ3) is 4.75. The fourth-order valence-corrected chi connectivity index (χ4v) is 3.11. The van der Waals surface area contributed by atoms with Crippen molar-refractivity contribution in [3.63, 3.8) is 0 Å². The van der Waals surface area contributed by atoms with E-state index in [4.69, 9.17) is 4.74 Å². The topological polar surface area (TPSA) is 38.3 Å². The third-order valence-electron chi connectivity index (χ3n) is 4.79. The van der Waals surface area contributed by atoms with Crippen molar-refractivity contribution < 1.29 is 9.53 Å². The lowest BCUT2D eigenvalue weighted by molar-refractivity contribution is -0.112. The molecule has 0 aromatic heterocycles. The van der Waals surface area contributed by atoms with Gasteiger partial charge in [-0.25, -0.2) is 0 Å². The molecule has 140 valence electrons. The van der Waals surface area contributed by atoms with Crippen molar-refractivity contribution in [3.8, 4) is 5.75 Å². The van der Waals surface area contributed by atoms with Crippen LogP contribution < -0.4 is 10.1 Å². The molecule has 3 heteroatoms. The number of nitrogens with one attached hydrogen (secondary N) is 1. The van der Waals surface area contributed by atoms with Gasteiger partial charge in [0.1, 0.15) is 5.75 Å². The minimum Gasteiger partial charge on any atom is -0.497 e. The lowest BCUT2D eigenvalue weighted by Gasteiger charge is -2.20. The van der Waals surface area contributed by atoms with E-state index in [1.54, 1.807) is 7.11 Å². The number of rotatable bonds is 3. The summed E-state index contributed by atoms with van der Waals surface area (Å²) in [5, 5.41) is 3.33. The van der Waals surface area contributed by atoms with Gasteiger partial charge in [-0.1, -0.05) is 57.2 Å². The number of ether oxygens (including phenoxy) is 1. The standard InChI is InChI=1S/C24H27NO2/c1-24(2,3)21-9-5-17(6-10-21)13-19-15-25-16-20(23(19)26)14-18-7-11-22(27-4)12-8-18/h5-14,25H,15-16H2,1-4H3. The van der Waals surface area contributed by atoms with Gasteiger partial charge in [0.05, 0.1) is 7.11 Å². The highest BCUT2D eigenvalue weighted by atomic mass is 16.5. The number of hydrogen-bond donors (Lipinski definition) is 1. The van der Waals surface area contributed by atoms with Crippen LogP contribution in [0.1, 0.15) is 37.5 Å². The molecule has 1 aliphatic rings. The van der Waals surface area contributed by atoms with Crippen molar-refractivity contribution in [1.29, 1.82) is 0 Å². The van der Waals surface area contributed by atoms with Gasteiger partial charge in [-0.3, -0.25) is 4.79 Å². The Hall–Kier alpha value is -2.65. The highest BCUT2D eigenvalue weighted by Crippen LogP contribution is 2.24. The maximum Gasteiger partial charge on any atom is 0.187 e. The fourth-order valence-electron chi connectivity index (χ4n) is 3.11. The molecular weight excluding hydrogens is 334 g/mol. The maximum absolute atomic E-state index is 12.9. The van der Waals surface area contributed by atoms with Gasteiger partial charge in [0.25, 0.3) is 0 Å². The van der Waals surface area contributed by atoms with Gasteiger partial charge in [-0.2, -0.15) is 0 Å². The van der Waals surface area contributed by atoms with E-state index in [9.17, 15) is 4.79 Å². The van der Waals surface area contributed by atoms with Crippen LogP contribution in [0, 0.1) is 0 Å². The second-order valence-corrected chi connectivity index (χ2v) is 7.92. The zero-order chi connectivity index (χ0) is 19.4. The number of hydrogen-bond acceptors (Lipinski definition) is 3. The van der Waals surface area contributed by atoms with Crippen LogP contribution in [-0.2, 0) is 10.2 Å². The van der Waals surface area contributed by atoms with Gasteiger partial charge in [-0.05, 0) is 46.4 Å². The first-order valence-corrected chi connectivity index (χ1v) is 9.28. The molecule has 0 atom stereocenters. The number of carbonyl (C=O) groups excluding carboxylic acids is 1. The zero-order valence-electron chi connectivity index (χ0n) is 16.5. The van der Waals surface area contributed by atoms with Crippen molar-refractivity contribution in [2.75, 3.05) is 20.2 Å². The first-order chi connectivity index (χ1) is 12.9. The van der Waals surface area contributed by atoms with Crippen molar-refractivity contribution in [2.24, 2.45) is 0 Å². The molecule has 1 aliphatic heterocycles. The molecule has 0 aliphatic carbocycles. The van der Waals surface area contributed by atoms with Crippen LogP contribution in [0.4, 0.5) is 0 Å². The van der Waals surface area contributed by atoms with Gasteiger partial charge in [0.2, 0.25) is 0 Å². The Kier molecular flexibility index (Phi) is 5.62. The summed E-state index contributed by atoms with van der Waals surface area (Å²) < 4.78 is 5.18. The minimum atomic E-state index is 0.115. The number of methoxy groups -OCH3 is 1.